The fourth-order valence-electron chi connectivity index (χ4n) is 2.62. The number of nitrogens with zero attached hydrogens (tertiary/aromatic N) is 3. The number of imidazole rings is 1. The molecule has 2 heterocycles. The van der Waals surface area contributed by atoms with Crippen molar-refractivity contribution in [3.63, 3.8) is 0 Å². The highest BCUT2D eigenvalue weighted by molar-refractivity contribution is 7.17. The van der Waals surface area contributed by atoms with Crippen LogP contribution in [0, 0.1) is 13.8 Å². The first-order chi connectivity index (χ1) is 12.1. The van der Waals surface area contributed by atoms with Gasteiger partial charge in [0, 0.05) is 23.7 Å². The Labute approximate surface area is 151 Å². The summed E-state index contributed by atoms with van der Waals surface area (Å²) in [4.78, 5) is 20.5. The predicted molar refractivity (Wildman–Crippen MR) is 91.5 cm³/mol. The molecule has 138 valence electrons. The summed E-state index contributed by atoms with van der Waals surface area (Å²) in [5, 5.41) is 0. The van der Waals surface area contributed by atoms with E-state index in [1.807, 2.05) is 24.4 Å². The maximum atomic E-state index is 12.6. The zero-order chi connectivity index (χ0) is 19.1. The lowest BCUT2D eigenvalue weighted by molar-refractivity contribution is -0.274. The maximum absolute atomic E-state index is 12.6. The maximum Gasteiger partial charge on any atom is 0.573 e. The smallest absolute Gasteiger partial charge is 0.406 e. The Balaban J connectivity index is 1.76. The molecule has 0 saturated heterocycles. The number of fused-ring (bicyclic) bond motifs is 1. The summed E-state index contributed by atoms with van der Waals surface area (Å²) in [6.45, 7) is 4.20. The quantitative estimate of drug-likeness (QED) is 0.679. The molecule has 0 atom stereocenters. The molecule has 9 heteroatoms. The van der Waals surface area contributed by atoms with Crippen molar-refractivity contribution in [1.29, 1.82) is 0 Å². The van der Waals surface area contributed by atoms with E-state index in [4.69, 9.17) is 0 Å². The van der Waals surface area contributed by atoms with Gasteiger partial charge in [0.05, 0.1) is 17.9 Å². The van der Waals surface area contributed by atoms with Crippen LogP contribution in [0.15, 0.2) is 30.5 Å². The Bertz CT molecular complexity index is 945. The number of rotatable bonds is 4. The minimum absolute atomic E-state index is 0.280. The van der Waals surface area contributed by atoms with Gasteiger partial charge in [-0.1, -0.05) is 0 Å². The van der Waals surface area contributed by atoms with Crippen molar-refractivity contribution >= 4 is 22.2 Å². The molecule has 0 bridgehead atoms. The third kappa shape index (κ3) is 3.82. The van der Waals surface area contributed by atoms with Crippen molar-refractivity contribution < 1.29 is 22.7 Å². The lowest BCUT2D eigenvalue weighted by atomic mass is 10.2. The average Bonchev–Trinajstić information content (AvgIpc) is 3.02. The van der Waals surface area contributed by atoms with Gasteiger partial charge in [0.15, 0.2) is 4.96 Å². The van der Waals surface area contributed by atoms with Gasteiger partial charge in [-0.15, -0.1) is 24.5 Å². The number of alkyl halides is 3. The fraction of sp³-hybridized carbons (Fsp3) is 0.294. The van der Waals surface area contributed by atoms with Crippen molar-refractivity contribution in [2.75, 3.05) is 7.05 Å². The Morgan fingerprint density at radius 2 is 1.92 bits per heavy atom. The van der Waals surface area contributed by atoms with Crippen LogP contribution in [-0.2, 0) is 6.54 Å². The molecule has 0 radical (unpaired) electrons. The molecule has 0 saturated carbocycles. The summed E-state index contributed by atoms with van der Waals surface area (Å²) in [6.07, 6.45) is -2.79. The first-order valence-electron chi connectivity index (χ1n) is 7.69. The van der Waals surface area contributed by atoms with Gasteiger partial charge < -0.3 is 9.64 Å². The van der Waals surface area contributed by atoms with Crippen LogP contribution in [-0.4, -0.2) is 33.6 Å². The fourth-order valence-corrected chi connectivity index (χ4v) is 3.51. The minimum Gasteiger partial charge on any atom is -0.406 e. The van der Waals surface area contributed by atoms with Gasteiger partial charge in [-0.05, 0) is 38.1 Å². The summed E-state index contributed by atoms with van der Waals surface area (Å²) >= 11 is 1.57. The number of halogens is 3. The van der Waals surface area contributed by atoms with Crippen LogP contribution >= 0.6 is 11.3 Å². The van der Waals surface area contributed by atoms with Crippen molar-refractivity contribution in [1.82, 2.24) is 14.3 Å². The number of amides is 1. The van der Waals surface area contributed by atoms with Crippen LogP contribution in [0.2, 0.25) is 0 Å². The number of hydrogen-bond donors (Lipinski definition) is 0. The molecule has 0 aliphatic carbocycles. The van der Waals surface area contributed by atoms with Crippen molar-refractivity contribution in [3.8, 4) is 5.75 Å². The minimum atomic E-state index is -4.76. The zero-order valence-electron chi connectivity index (χ0n) is 14.3. The third-order valence-electron chi connectivity index (χ3n) is 3.81. The highest BCUT2D eigenvalue weighted by atomic mass is 32.1. The third-order valence-corrected chi connectivity index (χ3v) is 4.71. The average molecular weight is 383 g/mol. The lowest BCUT2D eigenvalue weighted by Crippen LogP contribution is -2.27. The van der Waals surface area contributed by atoms with Crippen molar-refractivity contribution in [2.45, 2.75) is 26.8 Å². The summed E-state index contributed by atoms with van der Waals surface area (Å²) in [5.41, 5.74) is 2.02. The monoisotopic (exact) mass is 383 g/mol. The lowest BCUT2D eigenvalue weighted by Gasteiger charge is -2.17. The standard InChI is InChI=1S/C17H16F3N3O2S/c1-10-8-23-14(11(2)21-16(23)26-10)9-22(3)15(24)12-4-6-13(7-5-12)25-17(18,19)20/h4-8H,9H2,1-3H3. The van der Waals surface area contributed by atoms with E-state index in [-0.39, 0.29) is 17.2 Å². The summed E-state index contributed by atoms with van der Waals surface area (Å²) in [7, 11) is 1.64. The Hall–Kier alpha value is -2.55. The molecule has 5 nitrogen and oxygen atoms in total. The number of carbonyl (C=O) groups excluding carboxylic acids is 1. The number of thiazole rings is 1. The largest absolute Gasteiger partial charge is 0.573 e. The van der Waals surface area contributed by atoms with E-state index in [1.165, 1.54) is 17.0 Å². The van der Waals surface area contributed by atoms with Crippen LogP contribution in [0.5, 0.6) is 5.75 Å². The first kappa shape index (κ1) is 18.2. The molecular formula is C17H16F3N3O2S. The number of ether oxygens (including phenoxy) is 1. The van der Waals surface area contributed by atoms with Crippen LogP contribution < -0.4 is 4.74 Å². The molecule has 0 N–H and O–H groups in total. The Morgan fingerprint density at radius 1 is 1.27 bits per heavy atom. The van der Waals surface area contributed by atoms with E-state index in [2.05, 4.69) is 9.72 Å². The highest BCUT2D eigenvalue weighted by Crippen LogP contribution is 2.24. The van der Waals surface area contributed by atoms with Gasteiger partial charge in [0.2, 0.25) is 0 Å². The van der Waals surface area contributed by atoms with E-state index in [0.29, 0.717) is 6.54 Å². The number of benzene rings is 1. The predicted octanol–water partition coefficient (Wildman–Crippen LogP) is 4.18. The number of aryl methyl sites for hydroxylation is 2. The molecule has 0 fully saturated rings. The topological polar surface area (TPSA) is 46.8 Å². The van der Waals surface area contributed by atoms with Crippen LogP contribution in [0.1, 0.15) is 26.6 Å². The highest BCUT2D eigenvalue weighted by Gasteiger charge is 2.31. The molecular weight excluding hydrogens is 367 g/mol. The van der Waals surface area contributed by atoms with Gasteiger partial charge >= 0.3 is 6.36 Å². The van der Waals surface area contributed by atoms with Gasteiger partial charge in [0.25, 0.3) is 5.91 Å². The van der Waals surface area contributed by atoms with Crippen molar-refractivity contribution in [2.24, 2.45) is 0 Å². The molecule has 1 amide bonds. The normalized spacial score (nSPS) is 11.8. The van der Waals surface area contributed by atoms with Crippen molar-refractivity contribution in [3.05, 3.63) is 52.3 Å². The van der Waals surface area contributed by atoms with Gasteiger partial charge in [-0.25, -0.2) is 4.98 Å². The number of aromatic nitrogens is 2. The molecule has 26 heavy (non-hydrogen) atoms. The molecule has 0 unspecified atom stereocenters. The van der Waals surface area contributed by atoms with E-state index in [1.54, 1.807) is 18.4 Å². The Morgan fingerprint density at radius 3 is 2.54 bits per heavy atom. The van der Waals surface area contributed by atoms with Crippen LogP contribution in [0.3, 0.4) is 0 Å². The van der Waals surface area contributed by atoms with E-state index in [9.17, 15) is 18.0 Å². The second-order valence-electron chi connectivity index (χ2n) is 5.87. The zero-order valence-corrected chi connectivity index (χ0v) is 15.1. The second kappa shape index (κ2) is 6.64. The summed E-state index contributed by atoms with van der Waals surface area (Å²) in [5.74, 6) is -0.663. The van der Waals surface area contributed by atoms with Crippen LogP contribution in [0.25, 0.3) is 4.96 Å². The van der Waals surface area contributed by atoms with Gasteiger partial charge in [-0.3, -0.25) is 9.20 Å². The molecule has 0 aliphatic rings. The molecule has 0 spiro atoms. The molecule has 2 aromatic heterocycles. The molecule has 3 aromatic rings. The van der Waals surface area contributed by atoms with Gasteiger partial charge in [-0.2, -0.15) is 0 Å². The van der Waals surface area contributed by atoms with Gasteiger partial charge in [0.1, 0.15) is 5.75 Å². The summed E-state index contributed by atoms with van der Waals surface area (Å²) in [6, 6.07) is 4.87. The SMILES string of the molecule is Cc1cn2c(CN(C)C(=O)c3ccc(OC(F)(F)F)cc3)c(C)nc2s1. The second-order valence-corrected chi connectivity index (χ2v) is 7.08. The van der Waals surface area contributed by atoms with E-state index < -0.39 is 6.36 Å². The summed E-state index contributed by atoms with van der Waals surface area (Å²) < 4.78 is 42.4. The molecule has 1 aromatic carbocycles. The number of hydrogen-bond acceptors (Lipinski definition) is 4. The Kier molecular flexibility index (Phi) is 4.66. The molecule has 3 rings (SSSR count). The van der Waals surface area contributed by atoms with E-state index in [0.717, 1.165) is 33.4 Å². The molecule has 0 aliphatic heterocycles. The first-order valence-corrected chi connectivity index (χ1v) is 8.51. The van der Waals surface area contributed by atoms with Crippen LogP contribution in [0.4, 0.5) is 13.2 Å². The number of carbonyl (C=O) groups is 1. The van der Waals surface area contributed by atoms with E-state index >= 15 is 0 Å².